The summed E-state index contributed by atoms with van der Waals surface area (Å²) in [5.74, 6) is -1.07. The molecule has 0 saturated carbocycles. The van der Waals surface area contributed by atoms with Crippen molar-refractivity contribution < 1.29 is 18.3 Å². The van der Waals surface area contributed by atoms with Gasteiger partial charge in [0.2, 0.25) is 10.0 Å². The van der Waals surface area contributed by atoms with Crippen molar-refractivity contribution >= 4 is 31.9 Å². The van der Waals surface area contributed by atoms with Gasteiger partial charge in [-0.05, 0) is 43.5 Å². The summed E-state index contributed by atoms with van der Waals surface area (Å²) in [4.78, 5) is 11.7. The number of halogens is 1. The van der Waals surface area contributed by atoms with Crippen LogP contribution >= 0.6 is 15.9 Å². The van der Waals surface area contributed by atoms with E-state index in [2.05, 4.69) is 15.9 Å². The van der Waals surface area contributed by atoms with Crippen LogP contribution in [0.2, 0.25) is 0 Å². The molecule has 1 aromatic rings. The highest BCUT2D eigenvalue weighted by atomic mass is 79.9. The molecule has 1 aromatic carbocycles. The number of hydrogen-bond donors (Lipinski definition) is 1. The Labute approximate surface area is 126 Å². The molecule has 1 N–H and O–H groups in total. The predicted molar refractivity (Wildman–Crippen MR) is 77.9 cm³/mol. The minimum Gasteiger partial charge on any atom is -0.480 e. The van der Waals surface area contributed by atoms with E-state index in [0.29, 0.717) is 12.8 Å². The number of carboxylic acid groups (broad SMARTS) is 1. The lowest BCUT2D eigenvalue weighted by atomic mass is 9.95. The molecule has 1 fully saturated rings. The number of hydrogen-bond acceptors (Lipinski definition) is 3. The van der Waals surface area contributed by atoms with E-state index in [1.54, 1.807) is 19.1 Å². The summed E-state index contributed by atoms with van der Waals surface area (Å²) >= 11 is 3.25. The number of sulfonamides is 1. The molecule has 0 aliphatic carbocycles. The van der Waals surface area contributed by atoms with Gasteiger partial charge in [0.15, 0.2) is 0 Å². The van der Waals surface area contributed by atoms with Crippen molar-refractivity contribution in [1.82, 2.24) is 4.31 Å². The maximum atomic E-state index is 12.7. The third-order valence-electron chi connectivity index (χ3n) is 3.81. The van der Waals surface area contributed by atoms with Gasteiger partial charge in [0, 0.05) is 11.0 Å². The van der Waals surface area contributed by atoms with Gasteiger partial charge in [0.1, 0.15) is 5.54 Å². The molecule has 1 unspecified atom stereocenters. The van der Waals surface area contributed by atoms with Crippen molar-refractivity contribution in [2.75, 3.05) is 6.54 Å². The summed E-state index contributed by atoms with van der Waals surface area (Å²) in [5, 5.41) is 9.47. The van der Waals surface area contributed by atoms with Crippen LogP contribution in [0, 0.1) is 0 Å². The van der Waals surface area contributed by atoms with E-state index in [9.17, 15) is 18.3 Å². The lowest BCUT2D eigenvalue weighted by Crippen LogP contribution is -2.52. The maximum absolute atomic E-state index is 12.7. The van der Waals surface area contributed by atoms with Gasteiger partial charge in [-0.1, -0.05) is 22.9 Å². The predicted octanol–water partition coefficient (Wildman–Crippen LogP) is 2.47. The molecule has 20 heavy (non-hydrogen) atoms. The zero-order valence-corrected chi connectivity index (χ0v) is 13.4. The van der Waals surface area contributed by atoms with Crippen LogP contribution in [0.3, 0.4) is 0 Å². The number of rotatable bonds is 4. The Morgan fingerprint density at radius 2 is 2.00 bits per heavy atom. The van der Waals surface area contributed by atoms with Gasteiger partial charge in [-0.15, -0.1) is 0 Å². The number of nitrogens with zero attached hydrogens (tertiary/aromatic N) is 1. The Morgan fingerprint density at radius 1 is 1.40 bits per heavy atom. The number of aliphatic carboxylic acids is 1. The van der Waals surface area contributed by atoms with Crippen molar-refractivity contribution in [1.29, 1.82) is 0 Å². The number of carboxylic acids is 1. The molecule has 2 rings (SSSR count). The number of carbonyl (C=O) groups is 1. The van der Waals surface area contributed by atoms with E-state index in [4.69, 9.17) is 0 Å². The second-order valence-electron chi connectivity index (χ2n) is 4.82. The van der Waals surface area contributed by atoms with Crippen molar-refractivity contribution in [3.63, 3.8) is 0 Å². The van der Waals surface area contributed by atoms with E-state index in [0.717, 1.165) is 8.78 Å². The van der Waals surface area contributed by atoms with Crippen LogP contribution in [-0.2, 0) is 14.8 Å². The lowest BCUT2D eigenvalue weighted by Gasteiger charge is -2.32. The zero-order chi connectivity index (χ0) is 15.0. The highest BCUT2D eigenvalue weighted by Crippen LogP contribution is 2.37. The molecule has 0 radical (unpaired) electrons. The molecular weight excluding hydrogens is 346 g/mol. The van der Waals surface area contributed by atoms with Crippen LogP contribution in [0.25, 0.3) is 0 Å². The normalized spacial score (nSPS) is 23.9. The molecule has 0 amide bonds. The summed E-state index contributed by atoms with van der Waals surface area (Å²) in [6, 6.07) is 6.24. The second-order valence-corrected chi connectivity index (χ2v) is 7.60. The Balaban J connectivity index is 2.48. The monoisotopic (exact) mass is 361 g/mol. The van der Waals surface area contributed by atoms with Gasteiger partial charge in [0.05, 0.1) is 4.90 Å². The molecule has 1 atom stereocenters. The molecule has 0 spiro atoms. The quantitative estimate of drug-likeness (QED) is 0.893. The Morgan fingerprint density at radius 3 is 2.50 bits per heavy atom. The van der Waals surface area contributed by atoms with Crippen LogP contribution in [0.15, 0.2) is 33.6 Å². The molecule has 5 nitrogen and oxygen atoms in total. The first kappa shape index (κ1) is 15.5. The molecule has 0 bridgehead atoms. The standard InChI is InChI=1S/C13H16BrNO4S/c1-2-13(12(16)17)8-3-9-15(13)20(18,19)11-6-4-10(14)5-7-11/h4-7H,2-3,8-9H2,1H3,(H,16,17). The highest BCUT2D eigenvalue weighted by Gasteiger charge is 2.51. The molecule has 7 heteroatoms. The van der Waals surface area contributed by atoms with E-state index in [1.165, 1.54) is 12.1 Å². The fourth-order valence-electron chi connectivity index (χ4n) is 2.66. The number of benzene rings is 1. The molecule has 1 saturated heterocycles. The van der Waals surface area contributed by atoms with E-state index in [-0.39, 0.29) is 17.9 Å². The van der Waals surface area contributed by atoms with E-state index >= 15 is 0 Å². The van der Waals surface area contributed by atoms with Crippen LogP contribution in [0.4, 0.5) is 0 Å². The molecule has 1 heterocycles. The summed E-state index contributed by atoms with van der Waals surface area (Å²) in [6.07, 6.45) is 1.18. The zero-order valence-electron chi connectivity index (χ0n) is 11.0. The summed E-state index contributed by atoms with van der Waals surface area (Å²) < 4.78 is 27.3. The van der Waals surface area contributed by atoms with Crippen molar-refractivity contribution in [2.24, 2.45) is 0 Å². The SMILES string of the molecule is CCC1(C(=O)O)CCCN1S(=O)(=O)c1ccc(Br)cc1. The van der Waals surface area contributed by atoms with Crippen LogP contribution < -0.4 is 0 Å². The lowest BCUT2D eigenvalue weighted by molar-refractivity contribution is -0.147. The fraction of sp³-hybridized carbons (Fsp3) is 0.462. The van der Waals surface area contributed by atoms with Crippen LogP contribution in [0.5, 0.6) is 0 Å². The first-order valence-corrected chi connectivity index (χ1v) is 8.60. The third-order valence-corrected chi connectivity index (χ3v) is 6.32. The summed E-state index contributed by atoms with van der Waals surface area (Å²) in [5.41, 5.74) is -1.31. The van der Waals surface area contributed by atoms with Gasteiger partial charge in [-0.3, -0.25) is 4.79 Å². The first-order valence-electron chi connectivity index (χ1n) is 6.36. The fourth-order valence-corrected chi connectivity index (χ4v) is 4.78. The van der Waals surface area contributed by atoms with Gasteiger partial charge >= 0.3 is 5.97 Å². The minimum atomic E-state index is -3.79. The van der Waals surface area contributed by atoms with E-state index in [1.807, 2.05) is 0 Å². The Hall–Kier alpha value is -0.920. The molecule has 110 valence electrons. The van der Waals surface area contributed by atoms with Crippen molar-refractivity contribution in [3.8, 4) is 0 Å². The van der Waals surface area contributed by atoms with Gasteiger partial charge in [0.25, 0.3) is 0 Å². The molecule has 0 aromatic heterocycles. The average molecular weight is 362 g/mol. The van der Waals surface area contributed by atoms with Gasteiger partial charge in [-0.25, -0.2) is 8.42 Å². The smallest absolute Gasteiger partial charge is 0.325 e. The van der Waals surface area contributed by atoms with Crippen LogP contribution in [-0.4, -0.2) is 35.9 Å². The van der Waals surface area contributed by atoms with E-state index < -0.39 is 21.5 Å². The Bertz CT molecular complexity index is 614. The summed E-state index contributed by atoms with van der Waals surface area (Å²) in [6.45, 7) is 1.96. The Kier molecular flexibility index (Phi) is 4.22. The maximum Gasteiger partial charge on any atom is 0.325 e. The van der Waals surface area contributed by atoms with Gasteiger partial charge < -0.3 is 5.11 Å². The minimum absolute atomic E-state index is 0.127. The van der Waals surface area contributed by atoms with Gasteiger partial charge in [-0.2, -0.15) is 4.31 Å². The highest BCUT2D eigenvalue weighted by molar-refractivity contribution is 9.10. The van der Waals surface area contributed by atoms with Crippen molar-refractivity contribution in [2.45, 2.75) is 36.6 Å². The second kappa shape index (κ2) is 5.46. The van der Waals surface area contributed by atoms with Crippen molar-refractivity contribution in [3.05, 3.63) is 28.7 Å². The molecular formula is C13H16BrNO4S. The van der Waals surface area contributed by atoms with Crippen LogP contribution in [0.1, 0.15) is 26.2 Å². The topological polar surface area (TPSA) is 74.7 Å². The average Bonchev–Trinajstić information content (AvgIpc) is 2.85. The first-order chi connectivity index (χ1) is 9.34. The summed E-state index contributed by atoms with van der Waals surface area (Å²) in [7, 11) is -3.79. The third kappa shape index (κ3) is 2.38. The largest absolute Gasteiger partial charge is 0.480 e. The molecule has 1 aliphatic heterocycles. The molecule has 1 aliphatic rings.